The molecule has 1 aliphatic heterocycles. The lowest BCUT2D eigenvalue weighted by Gasteiger charge is -2.42. The highest BCUT2D eigenvalue weighted by Crippen LogP contribution is 2.51. The van der Waals surface area contributed by atoms with Gasteiger partial charge in [0.2, 0.25) is 0 Å². The Balaban J connectivity index is 1.67. The minimum absolute atomic E-state index is 0.587. The van der Waals surface area contributed by atoms with Crippen LogP contribution in [0.4, 0.5) is 0 Å². The van der Waals surface area contributed by atoms with Crippen molar-refractivity contribution in [2.75, 3.05) is 19.6 Å². The molecule has 1 aromatic rings. The minimum atomic E-state index is 0.587. The maximum atomic E-state index is 5.95. The van der Waals surface area contributed by atoms with Crippen molar-refractivity contribution < 1.29 is 0 Å². The average Bonchev–Trinajstić information content (AvgIpc) is 2.69. The van der Waals surface area contributed by atoms with Gasteiger partial charge in [0.05, 0.1) is 0 Å². The Labute approximate surface area is 104 Å². The molecular weight excluding hydrogens is 208 g/mol. The molecule has 2 heteroatoms. The number of nitrogens with zero attached hydrogens (tertiary/aromatic N) is 1. The zero-order chi connectivity index (χ0) is 11.7. The first-order valence-corrected chi connectivity index (χ1v) is 6.79. The summed E-state index contributed by atoms with van der Waals surface area (Å²) in [5, 5.41) is 0. The number of nitrogens with two attached hydrogens (primary N) is 1. The van der Waals surface area contributed by atoms with Crippen LogP contribution in [-0.4, -0.2) is 24.5 Å². The zero-order valence-corrected chi connectivity index (χ0v) is 10.4. The van der Waals surface area contributed by atoms with Gasteiger partial charge in [-0.25, -0.2) is 0 Å². The van der Waals surface area contributed by atoms with E-state index in [-0.39, 0.29) is 0 Å². The third kappa shape index (κ3) is 2.00. The fourth-order valence-electron chi connectivity index (χ4n) is 3.63. The van der Waals surface area contributed by atoms with Gasteiger partial charge in [-0.2, -0.15) is 0 Å². The van der Waals surface area contributed by atoms with Crippen LogP contribution in [0.2, 0.25) is 0 Å². The SMILES string of the molecule is NCC1CN(Cc2ccccc2)CC12CCC2. The maximum Gasteiger partial charge on any atom is 0.0234 e. The molecule has 1 heterocycles. The molecule has 2 N–H and O–H groups in total. The molecule has 2 fully saturated rings. The standard InChI is InChI=1S/C15H22N2/c16-9-14-11-17(12-15(14)7-4-8-15)10-13-5-2-1-3-6-13/h1-3,5-6,14H,4,7-12,16H2. The van der Waals surface area contributed by atoms with Gasteiger partial charge in [0, 0.05) is 19.6 Å². The Morgan fingerprint density at radius 1 is 1.24 bits per heavy atom. The highest BCUT2D eigenvalue weighted by Gasteiger charge is 2.49. The molecule has 1 aliphatic carbocycles. The first-order valence-electron chi connectivity index (χ1n) is 6.79. The largest absolute Gasteiger partial charge is 0.330 e. The van der Waals surface area contributed by atoms with Gasteiger partial charge in [-0.15, -0.1) is 0 Å². The van der Waals surface area contributed by atoms with Crippen molar-refractivity contribution in [3.05, 3.63) is 35.9 Å². The molecular formula is C15H22N2. The van der Waals surface area contributed by atoms with Crippen molar-refractivity contribution in [3.63, 3.8) is 0 Å². The number of hydrogen-bond donors (Lipinski definition) is 1. The van der Waals surface area contributed by atoms with Crippen LogP contribution in [0.15, 0.2) is 30.3 Å². The second-order valence-electron chi connectivity index (χ2n) is 5.80. The Morgan fingerprint density at radius 2 is 2.00 bits per heavy atom. The lowest BCUT2D eigenvalue weighted by molar-refractivity contribution is 0.0934. The van der Waals surface area contributed by atoms with E-state index >= 15 is 0 Å². The van der Waals surface area contributed by atoms with Crippen LogP contribution in [0.3, 0.4) is 0 Å². The summed E-state index contributed by atoms with van der Waals surface area (Å²) in [5.41, 5.74) is 7.96. The zero-order valence-electron chi connectivity index (χ0n) is 10.4. The van der Waals surface area contributed by atoms with Gasteiger partial charge in [0.15, 0.2) is 0 Å². The van der Waals surface area contributed by atoms with E-state index in [4.69, 9.17) is 5.73 Å². The molecule has 1 unspecified atom stereocenters. The van der Waals surface area contributed by atoms with E-state index in [1.54, 1.807) is 0 Å². The summed E-state index contributed by atoms with van der Waals surface area (Å²) in [6, 6.07) is 10.8. The predicted octanol–water partition coefficient (Wildman–Crippen LogP) is 2.25. The van der Waals surface area contributed by atoms with Crippen molar-refractivity contribution in [3.8, 4) is 0 Å². The van der Waals surface area contributed by atoms with Gasteiger partial charge >= 0.3 is 0 Å². The molecule has 0 aromatic heterocycles. The normalized spacial score (nSPS) is 27.2. The summed E-state index contributed by atoms with van der Waals surface area (Å²) < 4.78 is 0. The topological polar surface area (TPSA) is 29.3 Å². The van der Waals surface area contributed by atoms with E-state index in [0.29, 0.717) is 5.41 Å². The van der Waals surface area contributed by atoms with Gasteiger partial charge in [-0.05, 0) is 36.3 Å². The fourth-order valence-corrected chi connectivity index (χ4v) is 3.63. The summed E-state index contributed by atoms with van der Waals surface area (Å²) in [4.78, 5) is 2.60. The maximum absolute atomic E-state index is 5.95. The van der Waals surface area contributed by atoms with Gasteiger partial charge in [-0.3, -0.25) is 4.90 Å². The highest BCUT2D eigenvalue weighted by atomic mass is 15.2. The fraction of sp³-hybridized carbons (Fsp3) is 0.600. The van der Waals surface area contributed by atoms with E-state index in [9.17, 15) is 0 Å². The van der Waals surface area contributed by atoms with Crippen LogP contribution >= 0.6 is 0 Å². The molecule has 1 atom stereocenters. The van der Waals surface area contributed by atoms with E-state index in [2.05, 4.69) is 35.2 Å². The van der Waals surface area contributed by atoms with Crippen LogP contribution < -0.4 is 5.73 Å². The van der Waals surface area contributed by atoms with Crippen LogP contribution in [-0.2, 0) is 6.54 Å². The van der Waals surface area contributed by atoms with Gasteiger partial charge in [0.1, 0.15) is 0 Å². The lowest BCUT2D eigenvalue weighted by atomic mass is 9.63. The van der Waals surface area contributed by atoms with Crippen molar-refractivity contribution in [2.45, 2.75) is 25.8 Å². The Kier molecular flexibility index (Phi) is 2.93. The Bertz CT molecular complexity index is 370. The minimum Gasteiger partial charge on any atom is -0.330 e. The molecule has 0 radical (unpaired) electrons. The first-order chi connectivity index (χ1) is 8.32. The number of likely N-dealkylation sites (tertiary alicyclic amines) is 1. The first kappa shape index (κ1) is 11.2. The number of benzene rings is 1. The summed E-state index contributed by atoms with van der Waals surface area (Å²) in [7, 11) is 0. The molecule has 1 spiro atoms. The van der Waals surface area contributed by atoms with Crippen molar-refractivity contribution in [1.82, 2.24) is 4.90 Å². The van der Waals surface area contributed by atoms with Gasteiger partial charge < -0.3 is 5.73 Å². The number of rotatable bonds is 3. The highest BCUT2D eigenvalue weighted by molar-refractivity contribution is 5.15. The third-order valence-electron chi connectivity index (χ3n) is 4.77. The average molecular weight is 230 g/mol. The molecule has 1 saturated heterocycles. The molecule has 2 nitrogen and oxygen atoms in total. The van der Waals surface area contributed by atoms with Crippen LogP contribution in [0.25, 0.3) is 0 Å². The quantitative estimate of drug-likeness (QED) is 0.863. The van der Waals surface area contributed by atoms with E-state index < -0.39 is 0 Å². The summed E-state index contributed by atoms with van der Waals surface area (Å²) >= 11 is 0. The van der Waals surface area contributed by atoms with E-state index in [0.717, 1.165) is 19.0 Å². The second kappa shape index (κ2) is 4.43. The van der Waals surface area contributed by atoms with Crippen molar-refractivity contribution in [1.29, 1.82) is 0 Å². The van der Waals surface area contributed by atoms with Crippen LogP contribution in [0.1, 0.15) is 24.8 Å². The van der Waals surface area contributed by atoms with E-state index in [1.807, 2.05) is 0 Å². The second-order valence-corrected chi connectivity index (χ2v) is 5.80. The molecule has 1 aromatic carbocycles. The smallest absolute Gasteiger partial charge is 0.0234 e. The van der Waals surface area contributed by atoms with Crippen molar-refractivity contribution in [2.24, 2.45) is 17.1 Å². The lowest BCUT2D eigenvalue weighted by Crippen LogP contribution is -2.40. The molecule has 1 saturated carbocycles. The molecule has 2 aliphatic rings. The summed E-state index contributed by atoms with van der Waals surface area (Å²) in [6.07, 6.45) is 4.22. The van der Waals surface area contributed by atoms with Crippen LogP contribution in [0.5, 0.6) is 0 Å². The van der Waals surface area contributed by atoms with Gasteiger partial charge in [0.25, 0.3) is 0 Å². The Hall–Kier alpha value is -0.860. The summed E-state index contributed by atoms with van der Waals surface area (Å²) in [5.74, 6) is 0.736. The molecule has 92 valence electrons. The summed E-state index contributed by atoms with van der Waals surface area (Å²) in [6.45, 7) is 4.43. The Morgan fingerprint density at radius 3 is 2.53 bits per heavy atom. The molecule has 0 amide bonds. The molecule has 3 rings (SSSR count). The van der Waals surface area contributed by atoms with Gasteiger partial charge in [-0.1, -0.05) is 36.8 Å². The third-order valence-corrected chi connectivity index (χ3v) is 4.77. The monoisotopic (exact) mass is 230 g/mol. The molecule has 17 heavy (non-hydrogen) atoms. The number of hydrogen-bond acceptors (Lipinski definition) is 2. The van der Waals surface area contributed by atoms with Crippen LogP contribution in [0, 0.1) is 11.3 Å². The molecule has 0 bridgehead atoms. The predicted molar refractivity (Wildman–Crippen MR) is 70.5 cm³/mol. The van der Waals surface area contributed by atoms with Crippen molar-refractivity contribution >= 4 is 0 Å². The van der Waals surface area contributed by atoms with E-state index in [1.165, 1.54) is 37.9 Å².